The summed E-state index contributed by atoms with van der Waals surface area (Å²) in [5, 5.41) is 48.4. The number of rotatable bonds is 7. The fourth-order valence-corrected chi connectivity index (χ4v) is 6.88. The first-order valence-electron chi connectivity index (χ1n) is 13.3. The number of phenols is 1. The highest BCUT2D eigenvalue weighted by Gasteiger charge is 2.63. The molecule has 0 bridgehead atoms. The number of aromatic hydroxyl groups is 1. The van der Waals surface area contributed by atoms with E-state index in [1.54, 1.807) is 14.1 Å². The third kappa shape index (κ3) is 4.51. The Balaban J connectivity index is 1.50. The number of hydrogen-bond donors (Lipinski definition) is 6. The summed E-state index contributed by atoms with van der Waals surface area (Å²) in [6.07, 6.45) is 0.930. The maximum absolute atomic E-state index is 13.7. The SMILES string of the molecule is CN(C)[C@@H]1C(O)=C(C(N)=O)C(=O)[C@@]2(O)C(O)=C3C(=O)c4c(O)cc(CNCCc5ccccc5)c(Cl)c4C[C@H]3C[C@@H]12. The molecule has 4 atom stereocenters. The molecule has 0 saturated carbocycles. The summed E-state index contributed by atoms with van der Waals surface area (Å²) in [6.45, 7) is 0.998. The maximum atomic E-state index is 13.7. The number of nitrogens with zero attached hydrogens (tertiary/aromatic N) is 1. The molecule has 216 valence electrons. The molecule has 0 saturated heterocycles. The van der Waals surface area contributed by atoms with Crippen LogP contribution in [0.1, 0.15) is 33.5 Å². The minimum Gasteiger partial charge on any atom is -0.510 e. The second kappa shape index (κ2) is 10.6. The number of ketones is 2. The highest BCUT2D eigenvalue weighted by atomic mass is 35.5. The van der Waals surface area contributed by atoms with Gasteiger partial charge in [-0.2, -0.15) is 0 Å². The van der Waals surface area contributed by atoms with E-state index >= 15 is 0 Å². The van der Waals surface area contributed by atoms with Crippen LogP contribution in [0, 0.1) is 11.8 Å². The fourth-order valence-electron chi connectivity index (χ4n) is 6.58. The number of nitrogens with two attached hydrogens (primary N) is 1. The predicted octanol–water partition coefficient (Wildman–Crippen LogP) is 2.11. The molecule has 2 aromatic carbocycles. The Labute approximate surface area is 241 Å². The van der Waals surface area contributed by atoms with Gasteiger partial charge in [0.05, 0.1) is 11.6 Å². The molecule has 2 aromatic rings. The van der Waals surface area contributed by atoms with Crippen LogP contribution in [0.4, 0.5) is 0 Å². The van der Waals surface area contributed by atoms with E-state index in [4.69, 9.17) is 17.3 Å². The van der Waals surface area contributed by atoms with E-state index in [9.17, 15) is 34.8 Å². The quantitative estimate of drug-likeness (QED) is 0.211. The van der Waals surface area contributed by atoms with Crippen molar-refractivity contribution in [3.63, 3.8) is 0 Å². The van der Waals surface area contributed by atoms with Gasteiger partial charge in [0.1, 0.15) is 22.8 Å². The molecule has 0 heterocycles. The Morgan fingerprint density at radius 2 is 1.85 bits per heavy atom. The number of phenolic OH excluding ortho intramolecular Hbond substituents is 1. The number of carbonyl (C=O) groups is 3. The molecule has 10 nitrogen and oxygen atoms in total. The number of halogens is 1. The number of benzene rings is 2. The van der Waals surface area contributed by atoms with Crippen LogP contribution in [-0.4, -0.2) is 75.1 Å². The molecule has 0 fully saturated rings. The van der Waals surface area contributed by atoms with Gasteiger partial charge in [0, 0.05) is 23.1 Å². The van der Waals surface area contributed by atoms with Gasteiger partial charge in [0.25, 0.3) is 5.91 Å². The van der Waals surface area contributed by atoms with Gasteiger partial charge in [-0.05, 0) is 68.6 Å². The number of aliphatic hydroxyl groups excluding tert-OH is 2. The lowest BCUT2D eigenvalue weighted by Gasteiger charge is -2.50. The smallest absolute Gasteiger partial charge is 0.255 e. The van der Waals surface area contributed by atoms with E-state index < -0.39 is 58.0 Å². The average molecular weight is 582 g/mol. The summed E-state index contributed by atoms with van der Waals surface area (Å²) in [5.74, 6) is -6.92. The molecular weight excluding hydrogens is 550 g/mol. The van der Waals surface area contributed by atoms with Crippen molar-refractivity contribution in [3.05, 3.63) is 86.3 Å². The Morgan fingerprint density at radius 3 is 2.49 bits per heavy atom. The van der Waals surface area contributed by atoms with E-state index in [-0.39, 0.29) is 29.7 Å². The van der Waals surface area contributed by atoms with Crippen LogP contribution in [0.15, 0.2) is 59.1 Å². The largest absolute Gasteiger partial charge is 0.510 e. The van der Waals surface area contributed by atoms with Gasteiger partial charge >= 0.3 is 0 Å². The first kappa shape index (κ1) is 28.8. The van der Waals surface area contributed by atoms with E-state index in [0.717, 1.165) is 6.42 Å². The molecule has 0 aliphatic heterocycles. The lowest BCUT2D eigenvalue weighted by atomic mass is 9.58. The molecule has 7 N–H and O–H groups in total. The van der Waals surface area contributed by atoms with E-state index in [1.165, 1.54) is 16.5 Å². The summed E-state index contributed by atoms with van der Waals surface area (Å²) in [6, 6.07) is 10.3. The number of carbonyl (C=O) groups excluding carboxylic acids is 3. The molecule has 11 heteroatoms. The normalized spacial score (nSPS) is 25.7. The van der Waals surface area contributed by atoms with E-state index in [1.807, 2.05) is 30.3 Å². The molecule has 0 aromatic heterocycles. The zero-order valence-corrected chi connectivity index (χ0v) is 23.4. The van der Waals surface area contributed by atoms with Crippen LogP contribution in [-0.2, 0) is 29.0 Å². The van der Waals surface area contributed by atoms with Gasteiger partial charge in [0.2, 0.25) is 5.78 Å². The first-order valence-corrected chi connectivity index (χ1v) is 13.7. The maximum Gasteiger partial charge on any atom is 0.255 e. The molecule has 41 heavy (non-hydrogen) atoms. The fraction of sp³-hybridized carbons (Fsp3) is 0.367. The van der Waals surface area contributed by atoms with Crippen molar-refractivity contribution >= 4 is 29.1 Å². The number of hydrogen-bond acceptors (Lipinski definition) is 9. The molecule has 0 spiro atoms. The van der Waals surface area contributed by atoms with Crippen LogP contribution in [0.3, 0.4) is 0 Å². The number of allylic oxidation sites excluding steroid dienone is 1. The Kier molecular flexibility index (Phi) is 7.46. The number of nitrogens with one attached hydrogen (secondary N) is 1. The lowest BCUT2D eigenvalue weighted by Crippen LogP contribution is -2.63. The minimum atomic E-state index is -2.67. The highest BCUT2D eigenvalue weighted by molar-refractivity contribution is 6.33. The Morgan fingerprint density at radius 1 is 1.17 bits per heavy atom. The predicted molar refractivity (Wildman–Crippen MR) is 151 cm³/mol. The minimum absolute atomic E-state index is 0.00239. The van der Waals surface area contributed by atoms with Crippen molar-refractivity contribution in [2.24, 2.45) is 17.6 Å². The summed E-state index contributed by atoms with van der Waals surface area (Å²) < 4.78 is 0. The Bertz CT molecular complexity index is 1520. The van der Waals surface area contributed by atoms with Gasteiger partial charge < -0.3 is 31.5 Å². The molecule has 0 radical (unpaired) electrons. The summed E-state index contributed by atoms with van der Waals surface area (Å²) in [4.78, 5) is 40.7. The third-order valence-corrected chi connectivity index (χ3v) is 8.95. The van der Waals surface area contributed by atoms with Gasteiger partial charge in [-0.3, -0.25) is 19.3 Å². The summed E-state index contributed by atoms with van der Waals surface area (Å²) >= 11 is 6.78. The zero-order valence-electron chi connectivity index (χ0n) is 22.6. The number of Topliss-reactive ketones (excluding diaryl/α,β-unsaturated/α-hetero) is 2. The molecule has 5 rings (SSSR count). The molecule has 0 unspecified atom stereocenters. The Hall–Kier alpha value is -3.70. The van der Waals surface area contributed by atoms with Gasteiger partial charge in [-0.1, -0.05) is 41.9 Å². The molecule has 1 amide bonds. The second-order valence-corrected chi connectivity index (χ2v) is 11.5. The first-order chi connectivity index (χ1) is 19.4. The number of primary amides is 1. The molecule has 3 aliphatic rings. The van der Waals surface area contributed by atoms with Crippen LogP contribution in [0.2, 0.25) is 5.02 Å². The highest BCUT2D eigenvalue weighted by Crippen LogP contribution is 2.53. The topological polar surface area (TPSA) is 173 Å². The monoisotopic (exact) mass is 581 g/mol. The van der Waals surface area contributed by atoms with Gasteiger partial charge in [-0.25, -0.2) is 0 Å². The van der Waals surface area contributed by atoms with Crippen molar-refractivity contribution in [1.29, 1.82) is 0 Å². The number of amides is 1. The van der Waals surface area contributed by atoms with Crippen LogP contribution in [0.25, 0.3) is 0 Å². The molecule has 3 aliphatic carbocycles. The number of aliphatic hydroxyl groups is 3. The van der Waals surface area contributed by atoms with Crippen molar-refractivity contribution in [3.8, 4) is 5.75 Å². The lowest BCUT2D eigenvalue weighted by molar-refractivity contribution is -0.148. The van der Waals surface area contributed by atoms with Crippen molar-refractivity contribution < 1.29 is 34.8 Å². The third-order valence-electron chi connectivity index (χ3n) is 8.48. The summed E-state index contributed by atoms with van der Waals surface area (Å²) in [7, 11) is 3.17. The van der Waals surface area contributed by atoms with E-state index in [0.29, 0.717) is 29.2 Å². The molecular formula is C30H32ClN3O7. The van der Waals surface area contributed by atoms with Crippen LogP contribution < -0.4 is 11.1 Å². The van der Waals surface area contributed by atoms with Gasteiger partial charge in [0.15, 0.2) is 11.4 Å². The second-order valence-electron chi connectivity index (χ2n) is 11.1. The van der Waals surface area contributed by atoms with Crippen molar-refractivity contribution in [1.82, 2.24) is 10.2 Å². The number of likely N-dealkylation sites (N-methyl/N-ethyl adjacent to an activating group) is 1. The van der Waals surface area contributed by atoms with Crippen LogP contribution in [0.5, 0.6) is 5.75 Å². The van der Waals surface area contributed by atoms with Crippen LogP contribution >= 0.6 is 11.6 Å². The van der Waals surface area contributed by atoms with Gasteiger partial charge in [-0.15, -0.1) is 0 Å². The van der Waals surface area contributed by atoms with Crippen molar-refractivity contribution in [2.45, 2.75) is 37.5 Å². The summed E-state index contributed by atoms with van der Waals surface area (Å²) in [5.41, 5.74) is 3.69. The standard InChI is InChI=1S/C30H32ClN3O7/c1-34(2)24-18-11-15-10-17-21(19(35)12-16(23(17)31)13-33-9-8-14-6-4-3-5-7-14)25(36)20(15)27(38)30(18,41)28(39)22(26(24)37)29(32)40/h3-7,12,15,18,24,33,35,37-38,41H,8-11,13H2,1-2H3,(H2,32,40)/t15-,18-,24-,30-/m0/s1. The van der Waals surface area contributed by atoms with E-state index in [2.05, 4.69) is 5.32 Å². The van der Waals surface area contributed by atoms with Crippen molar-refractivity contribution in [2.75, 3.05) is 20.6 Å². The average Bonchev–Trinajstić information content (AvgIpc) is 2.91. The zero-order chi connectivity index (χ0) is 29.8. The number of fused-ring (bicyclic) bond motifs is 3.